The topological polar surface area (TPSA) is 63.2 Å². The number of rotatable bonds is 0. The Kier molecular flexibility index (Phi) is 3.08. The highest BCUT2D eigenvalue weighted by Gasteiger charge is 2.41. The van der Waals surface area contributed by atoms with Gasteiger partial charge in [-0.2, -0.15) is 13.2 Å². The summed E-state index contributed by atoms with van der Waals surface area (Å²) in [5.74, 6) is -2.15. The summed E-state index contributed by atoms with van der Waals surface area (Å²) >= 11 is 0. The standard InChI is InChI=1S/C11H10F3NO3S/c1-6-5-19(17,18)9-7(11(12,13)14)3-2-4-8(9)15-10(6)16/h2-4,6H,5H2,1H3,(H,15,16). The van der Waals surface area contributed by atoms with Crippen molar-refractivity contribution in [1.29, 1.82) is 0 Å². The molecule has 0 saturated heterocycles. The van der Waals surface area contributed by atoms with E-state index in [1.807, 2.05) is 0 Å². The van der Waals surface area contributed by atoms with Crippen LogP contribution >= 0.6 is 0 Å². The molecular formula is C11H10F3NO3S. The maximum Gasteiger partial charge on any atom is 0.417 e. The Hall–Kier alpha value is -1.57. The minimum absolute atomic E-state index is 0.316. The summed E-state index contributed by atoms with van der Waals surface area (Å²) in [7, 11) is -4.18. The largest absolute Gasteiger partial charge is 0.417 e. The zero-order valence-corrected chi connectivity index (χ0v) is 10.6. The van der Waals surface area contributed by atoms with E-state index >= 15 is 0 Å². The number of hydrogen-bond donors (Lipinski definition) is 1. The van der Waals surface area contributed by atoms with Gasteiger partial charge in [-0.25, -0.2) is 8.42 Å². The van der Waals surface area contributed by atoms with Gasteiger partial charge in [0.15, 0.2) is 9.84 Å². The Morgan fingerprint density at radius 1 is 1.32 bits per heavy atom. The maximum atomic E-state index is 12.9. The van der Waals surface area contributed by atoms with E-state index < -0.39 is 44.1 Å². The van der Waals surface area contributed by atoms with Crippen molar-refractivity contribution in [3.8, 4) is 0 Å². The van der Waals surface area contributed by atoms with Gasteiger partial charge in [-0.1, -0.05) is 13.0 Å². The number of amides is 1. The predicted octanol–water partition coefficient (Wildman–Crippen LogP) is 2.07. The van der Waals surface area contributed by atoms with E-state index in [4.69, 9.17) is 0 Å². The number of halogens is 3. The summed E-state index contributed by atoms with van der Waals surface area (Å²) in [6, 6.07) is 2.91. The summed E-state index contributed by atoms with van der Waals surface area (Å²) in [6.45, 7) is 1.35. The number of alkyl halides is 3. The van der Waals surface area contributed by atoms with Gasteiger partial charge in [0, 0.05) is 5.92 Å². The van der Waals surface area contributed by atoms with E-state index in [1.54, 1.807) is 0 Å². The monoisotopic (exact) mass is 293 g/mol. The molecule has 0 saturated carbocycles. The normalized spacial score (nSPS) is 22.3. The second-order valence-corrected chi connectivity index (χ2v) is 6.32. The average molecular weight is 293 g/mol. The lowest BCUT2D eigenvalue weighted by atomic mass is 10.1. The Labute approximate surface area is 107 Å². The Balaban J connectivity index is 2.77. The minimum Gasteiger partial charge on any atom is -0.325 e. The van der Waals surface area contributed by atoms with Crippen LogP contribution in [0.25, 0.3) is 0 Å². The highest BCUT2D eigenvalue weighted by atomic mass is 32.2. The summed E-state index contributed by atoms with van der Waals surface area (Å²) in [5.41, 5.74) is -1.57. The van der Waals surface area contributed by atoms with Crippen LogP contribution in [0.1, 0.15) is 12.5 Å². The van der Waals surface area contributed by atoms with Crippen LogP contribution in [0.15, 0.2) is 23.1 Å². The van der Waals surface area contributed by atoms with E-state index in [0.29, 0.717) is 6.07 Å². The molecule has 0 bridgehead atoms. The van der Waals surface area contributed by atoms with Crippen molar-refractivity contribution in [3.05, 3.63) is 23.8 Å². The van der Waals surface area contributed by atoms with Crippen LogP contribution in [0.4, 0.5) is 18.9 Å². The third-order valence-corrected chi connectivity index (χ3v) is 4.81. The lowest BCUT2D eigenvalue weighted by Crippen LogP contribution is -2.22. The summed E-state index contributed by atoms with van der Waals surface area (Å²) in [6.07, 6.45) is -4.79. The van der Waals surface area contributed by atoms with Crippen molar-refractivity contribution < 1.29 is 26.4 Å². The Morgan fingerprint density at radius 3 is 2.53 bits per heavy atom. The number of fused-ring (bicyclic) bond motifs is 1. The van der Waals surface area contributed by atoms with Gasteiger partial charge < -0.3 is 5.32 Å². The molecule has 19 heavy (non-hydrogen) atoms. The van der Waals surface area contributed by atoms with Gasteiger partial charge in [-0.05, 0) is 12.1 Å². The molecule has 4 nitrogen and oxygen atoms in total. The van der Waals surface area contributed by atoms with Gasteiger partial charge >= 0.3 is 6.18 Å². The minimum atomic E-state index is -4.79. The molecule has 1 aliphatic heterocycles. The van der Waals surface area contributed by atoms with Gasteiger partial charge in [0.2, 0.25) is 5.91 Å². The van der Waals surface area contributed by atoms with Gasteiger partial charge in [0.1, 0.15) is 4.90 Å². The molecule has 2 rings (SSSR count). The molecule has 0 fully saturated rings. The lowest BCUT2D eigenvalue weighted by Gasteiger charge is -2.14. The first-order valence-corrected chi connectivity index (χ1v) is 7.02. The zero-order valence-electron chi connectivity index (χ0n) is 9.78. The van der Waals surface area contributed by atoms with Crippen molar-refractivity contribution in [2.45, 2.75) is 18.0 Å². The number of sulfone groups is 1. The van der Waals surface area contributed by atoms with Crippen LogP contribution in [0, 0.1) is 5.92 Å². The second kappa shape index (κ2) is 4.22. The van der Waals surface area contributed by atoms with Crippen molar-refractivity contribution in [2.24, 2.45) is 5.92 Å². The van der Waals surface area contributed by atoms with E-state index in [1.165, 1.54) is 6.92 Å². The molecule has 1 aromatic carbocycles. The highest BCUT2D eigenvalue weighted by molar-refractivity contribution is 7.91. The number of anilines is 1. The van der Waals surface area contributed by atoms with Crippen molar-refractivity contribution in [3.63, 3.8) is 0 Å². The summed E-state index contributed by atoms with van der Waals surface area (Å²) < 4.78 is 62.7. The number of benzene rings is 1. The fourth-order valence-corrected chi connectivity index (χ4v) is 3.89. The molecule has 1 unspecified atom stereocenters. The van der Waals surface area contributed by atoms with Gasteiger partial charge in [-0.3, -0.25) is 4.79 Å². The first-order chi connectivity index (χ1) is 8.63. The highest BCUT2D eigenvalue weighted by Crippen LogP contribution is 2.39. The van der Waals surface area contributed by atoms with Crippen LogP contribution in [0.5, 0.6) is 0 Å². The number of carbonyl (C=O) groups excluding carboxylic acids is 1. The zero-order chi connectivity index (χ0) is 14.4. The molecule has 0 radical (unpaired) electrons. The molecule has 1 amide bonds. The maximum absolute atomic E-state index is 12.9. The Morgan fingerprint density at radius 2 is 1.95 bits per heavy atom. The smallest absolute Gasteiger partial charge is 0.325 e. The van der Waals surface area contributed by atoms with Crippen LogP contribution < -0.4 is 5.32 Å². The summed E-state index contributed by atoms with van der Waals surface area (Å²) in [5, 5.41) is 2.22. The molecule has 0 spiro atoms. The lowest BCUT2D eigenvalue weighted by molar-refractivity contribution is -0.139. The van der Waals surface area contributed by atoms with Crippen LogP contribution in [0.2, 0.25) is 0 Å². The van der Waals surface area contributed by atoms with Crippen molar-refractivity contribution >= 4 is 21.4 Å². The third kappa shape index (κ3) is 2.44. The van der Waals surface area contributed by atoms with Gasteiger partial charge in [0.05, 0.1) is 17.0 Å². The first-order valence-electron chi connectivity index (χ1n) is 5.37. The molecule has 1 N–H and O–H groups in total. The average Bonchev–Trinajstić information content (AvgIpc) is 2.33. The van der Waals surface area contributed by atoms with E-state index in [2.05, 4.69) is 5.32 Å². The number of carbonyl (C=O) groups is 1. The van der Waals surface area contributed by atoms with Gasteiger partial charge in [-0.15, -0.1) is 0 Å². The van der Waals surface area contributed by atoms with Crippen LogP contribution in [0.3, 0.4) is 0 Å². The van der Waals surface area contributed by atoms with Gasteiger partial charge in [0.25, 0.3) is 0 Å². The first kappa shape index (κ1) is 13.9. The molecular weight excluding hydrogens is 283 g/mol. The van der Waals surface area contributed by atoms with Crippen molar-refractivity contribution in [1.82, 2.24) is 0 Å². The molecule has 0 aliphatic carbocycles. The fourth-order valence-electron chi connectivity index (χ4n) is 1.94. The summed E-state index contributed by atoms with van der Waals surface area (Å²) in [4.78, 5) is 10.7. The van der Waals surface area contributed by atoms with E-state index in [9.17, 15) is 26.4 Å². The fraction of sp³-hybridized carbons (Fsp3) is 0.364. The molecule has 1 atom stereocenters. The molecule has 1 heterocycles. The third-order valence-electron chi connectivity index (χ3n) is 2.81. The predicted molar refractivity (Wildman–Crippen MR) is 61.3 cm³/mol. The van der Waals surface area contributed by atoms with E-state index in [0.717, 1.165) is 12.1 Å². The van der Waals surface area contributed by atoms with Crippen LogP contribution in [-0.4, -0.2) is 20.1 Å². The molecule has 104 valence electrons. The number of hydrogen-bond acceptors (Lipinski definition) is 3. The number of nitrogens with one attached hydrogen (secondary N) is 1. The van der Waals surface area contributed by atoms with E-state index in [-0.39, 0.29) is 5.69 Å². The Bertz CT molecular complexity index is 637. The van der Waals surface area contributed by atoms with Crippen molar-refractivity contribution in [2.75, 3.05) is 11.1 Å². The SMILES string of the molecule is CC1CS(=O)(=O)c2c(cccc2C(F)(F)F)NC1=O. The van der Waals surface area contributed by atoms with Crippen LogP contribution in [-0.2, 0) is 20.8 Å². The molecule has 8 heteroatoms. The quantitative estimate of drug-likeness (QED) is 0.796. The molecule has 1 aromatic rings. The molecule has 1 aliphatic rings. The molecule has 0 aromatic heterocycles. The second-order valence-electron chi connectivity index (χ2n) is 4.35.